The zero-order valence-corrected chi connectivity index (χ0v) is 23.9. The first-order valence-electron chi connectivity index (χ1n) is 12.5. The maximum absolute atomic E-state index is 13.1. The first-order valence-corrected chi connectivity index (χ1v) is 13.3. The minimum absolute atomic E-state index is 0.00218. The van der Waals surface area contributed by atoms with Crippen LogP contribution in [-0.4, -0.2) is 84.2 Å². The van der Waals surface area contributed by atoms with E-state index in [0.717, 1.165) is 56.3 Å². The molecule has 3 rings (SSSR count). The second kappa shape index (κ2) is 13.1. The van der Waals surface area contributed by atoms with Crippen LogP contribution in [0.2, 0.25) is 5.02 Å². The topological polar surface area (TPSA) is 97.4 Å². The molecule has 0 aliphatic carbocycles. The number of hydrogen-bond acceptors (Lipinski definition) is 7. The van der Waals surface area contributed by atoms with Gasteiger partial charge in [-0.2, -0.15) is 18.2 Å². The smallest absolute Gasteiger partial charge is 0.378 e. The maximum Gasteiger partial charge on any atom is 0.417 e. The molecule has 1 aliphatic rings. The van der Waals surface area contributed by atoms with Crippen molar-refractivity contribution in [3.63, 3.8) is 0 Å². The number of aryl methyl sites for hydroxylation is 1. The molecule has 9 nitrogen and oxygen atoms in total. The van der Waals surface area contributed by atoms with Gasteiger partial charge in [-0.25, -0.2) is 9.78 Å². The van der Waals surface area contributed by atoms with Gasteiger partial charge in [0.2, 0.25) is 5.95 Å². The van der Waals surface area contributed by atoms with E-state index in [4.69, 9.17) is 23.8 Å². The lowest BCUT2D eigenvalue weighted by atomic mass is 9.86. The molecule has 0 radical (unpaired) electrons. The molecule has 2 amide bonds. The maximum atomic E-state index is 13.1. The highest BCUT2D eigenvalue weighted by atomic mass is 35.5. The van der Waals surface area contributed by atoms with Crippen molar-refractivity contribution in [2.75, 3.05) is 69.3 Å². The summed E-state index contributed by atoms with van der Waals surface area (Å²) in [4.78, 5) is 26.4. The molecule has 1 fully saturated rings. The zero-order valence-electron chi connectivity index (χ0n) is 22.4. The Labute approximate surface area is 236 Å². The molecular formula is C25H34ClF3N8OS. The van der Waals surface area contributed by atoms with Crippen LogP contribution < -0.4 is 21.3 Å². The molecule has 1 aliphatic heterocycles. The van der Waals surface area contributed by atoms with Crippen molar-refractivity contribution in [1.82, 2.24) is 25.1 Å². The van der Waals surface area contributed by atoms with Gasteiger partial charge in [-0.15, -0.1) is 0 Å². The van der Waals surface area contributed by atoms with Gasteiger partial charge in [0.05, 0.1) is 21.0 Å². The van der Waals surface area contributed by atoms with Crippen molar-refractivity contribution >= 4 is 52.3 Å². The third kappa shape index (κ3) is 8.62. The number of alkyl halides is 3. The lowest BCUT2D eigenvalue weighted by Crippen LogP contribution is -2.47. The third-order valence-electron chi connectivity index (χ3n) is 6.42. The SMILES string of the molecule is CCN1CCC(CNc2cc(C)nc(NC(=O)Nc3ccc(Cl)c(C(F)(F)F)c3)n2)(C(=S)NCCN(C)C)C1. The molecule has 4 N–H and O–H groups in total. The van der Waals surface area contributed by atoms with E-state index in [1.807, 2.05) is 14.1 Å². The summed E-state index contributed by atoms with van der Waals surface area (Å²) in [6, 6.07) is 4.07. The van der Waals surface area contributed by atoms with Crippen molar-refractivity contribution < 1.29 is 18.0 Å². The summed E-state index contributed by atoms with van der Waals surface area (Å²) < 4.78 is 39.4. The standard InChI is InChI=1S/C25H34ClF3N8OS/c1-5-37-10-8-24(15-37,21(39)30-9-11-36(3)4)14-31-20-12-16(2)32-22(34-20)35-23(38)33-17-6-7-19(26)18(13-17)25(27,28)29/h6-7,12-13H,5,8-11,14-15H2,1-4H3,(H,30,39)(H3,31,32,33,34,35,38). The first-order chi connectivity index (χ1) is 18.3. The molecule has 1 aromatic carbocycles. The van der Waals surface area contributed by atoms with Crippen molar-refractivity contribution in [3.8, 4) is 0 Å². The monoisotopic (exact) mass is 586 g/mol. The highest BCUT2D eigenvalue weighted by Gasteiger charge is 2.41. The lowest BCUT2D eigenvalue weighted by Gasteiger charge is -2.31. The Hall–Kier alpha value is -2.74. The van der Waals surface area contributed by atoms with Crippen molar-refractivity contribution in [2.24, 2.45) is 5.41 Å². The molecule has 39 heavy (non-hydrogen) atoms. The molecule has 1 atom stereocenters. The number of halogens is 4. The number of anilines is 3. The largest absolute Gasteiger partial charge is 0.417 e. The lowest BCUT2D eigenvalue weighted by molar-refractivity contribution is -0.137. The normalized spacial score (nSPS) is 17.8. The summed E-state index contributed by atoms with van der Waals surface area (Å²) in [6.45, 7) is 8.68. The van der Waals surface area contributed by atoms with Crippen LogP contribution in [0.15, 0.2) is 24.3 Å². The average molecular weight is 587 g/mol. The predicted molar refractivity (Wildman–Crippen MR) is 153 cm³/mol. The molecule has 1 unspecified atom stereocenters. The molecule has 2 aromatic rings. The molecule has 2 heterocycles. The van der Waals surface area contributed by atoms with E-state index in [1.54, 1.807) is 13.0 Å². The van der Waals surface area contributed by atoms with Gasteiger partial charge in [-0.1, -0.05) is 30.7 Å². The Balaban J connectivity index is 1.68. The first kappa shape index (κ1) is 30.8. The van der Waals surface area contributed by atoms with Crippen LogP contribution >= 0.6 is 23.8 Å². The minimum atomic E-state index is -4.65. The number of thiocarbonyl (C=S) groups is 1. The van der Waals surface area contributed by atoms with Gasteiger partial charge in [0, 0.05) is 43.6 Å². The number of hydrogen-bond donors (Lipinski definition) is 4. The number of carbonyl (C=O) groups excluding carboxylic acids is 1. The van der Waals surface area contributed by atoms with Gasteiger partial charge >= 0.3 is 12.2 Å². The van der Waals surface area contributed by atoms with Crippen LogP contribution in [0.4, 0.5) is 35.4 Å². The van der Waals surface area contributed by atoms with E-state index < -0.39 is 22.8 Å². The van der Waals surface area contributed by atoms with Crippen molar-refractivity contribution in [2.45, 2.75) is 26.4 Å². The Morgan fingerprint density at radius 3 is 2.62 bits per heavy atom. The Kier molecular flexibility index (Phi) is 10.3. The van der Waals surface area contributed by atoms with E-state index in [9.17, 15) is 18.0 Å². The number of carbonyl (C=O) groups is 1. The summed E-state index contributed by atoms with van der Waals surface area (Å²) in [7, 11) is 4.02. The highest BCUT2D eigenvalue weighted by Crippen LogP contribution is 2.36. The highest BCUT2D eigenvalue weighted by molar-refractivity contribution is 7.80. The number of benzene rings is 1. The fraction of sp³-hybridized carbons (Fsp3) is 0.520. The summed E-state index contributed by atoms with van der Waals surface area (Å²) in [6.07, 6.45) is -3.76. The molecule has 0 spiro atoms. The second-order valence-corrected chi connectivity index (χ2v) is 10.6. The Bertz CT molecular complexity index is 1180. The number of nitrogens with one attached hydrogen (secondary N) is 4. The predicted octanol–water partition coefficient (Wildman–Crippen LogP) is 4.70. The van der Waals surface area contributed by atoms with E-state index in [0.29, 0.717) is 18.1 Å². The van der Waals surface area contributed by atoms with Crippen LogP contribution in [0.5, 0.6) is 0 Å². The number of likely N-dealkylation sites (N-methyl/N-ethyl adjacent to an activating group) is 1. The van der Waals surface area contributed by atoms with E-state index in [1.165, 1.54) is 6.07 Å². The fourth-order valence-electron chi connectivity index (χ4n) is 4.28. The molecule has 0 saturated carbocycles. The van der Waals surface area contributed by atoms with Gasteiger partial charge in [0.1, 0.15) is 5.82 Å². The summed E-state index contributed by atoms with van der Waals surface area (Å²) >= 11 is 11.5. The number of nitrogens with zero attached hydrogens (tertiary/aromatic N) is 4. The van der Waals surface area contributed by atoms with E-state index in [2.05, 4.69) is 48.0 Å². The Morgan fingerprint density at radius 1 is 1.23 bits per heavy atom. The van der Waals surface area contributed by atoms with E-state index in [-0.39, 0.29) is 17.1 Å². The molecule has 0 bridgehead atoms. The summed E-state index contributed by atoms with van der Waals surface area (Å²) in [5, 5.41) is 11.2. The number of amides is 2. The minimum Gasteiger partial charge on any atom is -0.378 e. The summed E-state index contributed by atoms with van der Waals surface area (Å²) in [5.41, 5.74) is -0.811. The van der Waals surface area contributed by atoms with E-state index >= 15 is 0 Å². The van der Waals surface area contributed by atoms with Gasteiger partial charge in [-0.3, -0.25) is 5.32 Å². The number of urea groups is 1. The van der Waals surface area contributed by atoms with Crippen LogP contribution in [0.3, 0.4) is 0 Å². The Morgan fingerprint density at radius 2 is 1.97 bits per heavy atom. The quantitative estimate of drug-likeness (QED) is 0.298. The number of aromatic nitrogens is 2. The fourth-order valence-corrected chi connectivity index (χ4v) is 4.84. The molecule has 14 heteroatoms. The van der Waals surface area contributed by atoms with Crippen LogP contribution in [0.1, 0.15) is 24.6 Å². The molecular weight excluding hydrogens is 553 g/mol. The molecule has 214 valence electrons. The van der Waals surface area contributed by atoms with Crippen LogP contribution in [0, 0.1) is 12.3 Å². The van der Waals surface area contributed by atoms with Crippen molar-refractivity contribution in [1.29, 1.82) is 0 Å². The second-order valence-electron chi connectivity index (χ2n) is 9.80. The summed E-state index contributed by atoms with van der Waals surface area (Å²) in [5.74, 6) is 0.497. The van der Waals surface area contributed by atoms with Gasteiger partial charge in [-0.05, 0) is 58.7 Å². The van der Waals surface area contributed by atoms with Gasteiger partial charge < -0.3 is 25.8 Å². The van der Waals surface area contributed by atoms with Gasteiger partial charge in [0.15, 0.2) is 0 Å². The van der Waals surface area contributed by atoms with Crippen LogP contribution in [-0.2, 0) is 6.18 Å². The number of likely N-dealkylation sites (tertiary alicyclic amines) is 1. The number of rotatable bonds is 10. The third-order valence-corrected chi connectivity index (χ3v) is 7.33. The molecule has 1 saturated heterocycles. The van der Waals surface area contributed by atoms with Crippen molar-refractivity contribution in [3.05, 3.63) is 40.5 Å². The zero-order chi connectivity index (χ0) is 28.8. The average Bonchev–Trinajstić information content (AvgIpc) is 3.27. The van der Waals surface area contributed by atoms with Gasteiger partial charge in [0.25, 0.3) is 0 Å². The molecule has 1 aromatic heterocycles. The van der Waals surface area contributed by atoms with Crippen LogP contribution in [0.25, 0.3) is 0 Å².